The minimum absolute atomic E-state index is 0.0319. The number of hydrogen-bond acceptors (Lipinski definition) is 9. The Bertz CT molecular complexity index is 1690. The van der Waals surface area contributed by atoms with Crippen molar-refractivity contribution in [1.29, 1.82) is 0 Å². The third-order valence-electron chi connectivity index (χ3n) is 7.53. The number of ether oxygens (including phenoxy) is 2. The van der Waals surface area contributed by atoms with Crippen LogP contribution in [0.4, 0.5) is 48.9 Å². The molecule has 45 heavy (non-hydrogen) atoms. The summed E-state index contributed by atoms with van der Waals surface area (Å²) in [5.41, 5.74) is 4.13. The van der Waals surface area contributed by atoms with Gasteiger partial charge in [0, 0.05) is 48.8 Å². The molecule has 0 bridgehead atoms. The Labute approximate surface area is 259 Å². The Kier molecular flexibility index (Phi) is 9.13. The smallest absolute Gasteiger partial charge is 0.247 e. The second-order valence-electron chi connectivity index (χ2n) is 10.5. The lowest BCUT2D eigenvalue weighted by atomic mass is 10.1. The van der Waals surface area contributed by atoms with Crippen molar-refractivity contribution in [2.24, 2.45) is 0 Å². The van der Waals surface area contributed by atoms with Gasteiger partial charge in [-0.15, -0.1) is 0 Å². The first-order valence-electron chi connectivity index (χ1n) is 14.7. The van der Waals surface area contributed by atoms with Gasteiger partial charge in [0.2, 0.25) is 11.9 Å². The van der Waals surface area contributed by atoms with E-state index in [9.17, 15) is 9.18 Å². The van der Waals surface area contributed by atoms with Crippen LogP contribution in [0, 0.1) is 11.6 Å². The van der Waals surface area contributed by atoms with Crippen molar-refractivity contribution in [1.82, 2.24) is 9.97 Å². The SMILES string of the molecule is C=CC(=O)Nc1cc(-c2nc(Nc3cccc(N4CCOCC4)c3)ncc2Nc2ccc(N3CCOCC3)c(F)c2)ccc1F. The van der Waals surface area contributed by atoms with Gasteiger partial charge in [0.1, 0.15) is 11.6 Å². The molecule has 2 aliphatic rings. The summed E-state index contributed by atoms with van der Waals surface area (Å²) in [7, 11) is 0. The molecule has 0 unspecified atom stereocenters. The molecule has 0 atom stereocenters. The Morgan fingerprint density at radius 1 is 0.822 bits per heavy atom. The second kappa shape index (κ2) is 13.7. The van der Waals surface area contributed by atoms with Gasteiger partial charge in [-0.05, 0) is 60.7 Å². The number of aromatic nitrogens is 2. The van der Waals surface area contributed by atoms with E-state index in [0.29, 0.717) is 73.8 Å². The number of morpholine rings is 2. The molecule has 0 spiro atoms. The summed E-state index contributed by atoms with van der Waals surface area (Å²) in [6.45, 7) is 8.70. The summed E-state index contributed by atoms with van der Waals surface area (Å²) in [6, 6.07) is 17.1. The van der Waals surface area contributed by atoms with Crippen molar-refractivity contribution in [3.8, 4) is 11.3 Å². The first-order valence-corrected chi connectivity index (χ1v) is 14.7. The number of benzene rings is 3. The van der Waals surface area contributed by atoms with Crippen molar-refractivity contribution in [3.05, 3.63) is 91.1 Å². The summed E-state index contributed by atoms with van der Waals surface area (Å²) in [6.07, 6.45) is 2.64. The van der Waals surface area contributed by atoms with Gasteiger partial charge in [0.05, 0.1) is 55.4 Å². The Morgan fingerprint density at radius 2 is 1.56 bits per heavy atom. The number of nitrogens with one attached hydrogen (secondary N) is 3. The number of amides is 1. The van der Waals surface area contributed by atoms with Crippen molar-refractivity contribution in [2.45, 2.75) is 0 Å². The molecule has 232 valence electrons. The normalized spacial score (nSPS) is 15.0. The Hall–Kier alpha value is -5.07. The van der Waals surface area contributed by atoms with Crippen LogP contribution in [0.5, 0.6) is 0 Å². The zero-order valence-corrected chi connectivity index (χ0v) is 24.6. The molecule has 3 N–H and O–H groups in total. The van der Waals surface area contributed by atoms with Crippen LogP contribution in [0.25, 0.3) is 11.3 Å². The number of hydrogen-bond donors (Lipinski definition) is 3. The minimum atomic E-state index is -0.614. The number of nitrogens with zero attached hydrogens (tertiary/aromatic N) is 4. The van der Waals surface area contributed by atoms with Crippen molar-refractivity contribution < 1.29 is 23.0 Å². The molecule has 0 saturated carbocycles. The highest BCUT2D eigenvalue weighted by Gasteiger charge is 2.18. The van der Waals surface area contributed by atoms with Gasteiger partial charge in [-0.3, -0.25) is 4.79 Å². The maximum absolute atomic E-state index is 15.2. The molecule has 10 nitrogen and oxygen atoms in total. The molecule has 2 saturated heterocycles. The molecule has 2 aliphatic heterocycles. The molecule has 1 aromatic heterocycles. The zero-order valence-electron chi connectivity index (χ0n) is 24.6. The molecule has 4 aromatic rings. The number of halogens is 2. The summed E-state index contributed by atoms with van der Waals surface area (Å²) >= 11 is 0. The van der Waals surface area contributed by atoms with Gasteiger partial charge in [-0.1, -0.05) is 12.6 Å². The fourth-order valence-electron chi connectivity index (χ4n) is 5.24. The van der Waals surface area contributed by atoms with E-state index in [1.54, 1.807) is 24.4 Å². The van der Waals surface area contributed by atoms with Gasteiger partial charge in [0.15, 0.2) is 0 Å². The van der Waals surface area contributed by atoms with Gasteiger partial charge >= 0.3 is 0 Å². The highest BCUT2D eigenvalue weighted by molar-refractivity contribution is 5.99. The van der Waals surface area contributed by atoms with Crippen molar-refractivity contribution >= 4 is 46.0 Å². The highest BCUT2D eigenvalue weighted by atomic mass is 19.1. The van der Waals surface area contributed by atoms with E-state index >= 15 is 4.39 Å². The molecular formula is C33H33F2N7O3. The number of rotatable bonds is 9. The van der Waals surface area contributed by atoms with Crippen LogP contribution in [0.1, 0.15) is 0 Å². The van der Waals surface area contributed by atoms with Gasteiger partial charge < -0.3 is 35.2 Å². The maximum atomic E-state index is 15.2. The molecular weight excluding hydrogens is 580 g/mol. The quantitative estimate of drug-likeness (QED) is 0.205. The fraction of sp³-hybridized carbons (Fsp3) is 0.242. The monoisotopic (exact) mass is 613 g/mol. The Balaban J connectivity index is 1.32. The van der Waals surface area contributed by atoms with E-state index in [1.165, 1.54) is 18.2 Å². The number of anilines is 7. The largest absolute Gasteiger partial charge is 0.378 e. The summed E-state index contributed by atoms with van der Waals surface area (Å²) in [4.78, 5) is 25.4. The average Bonchev–Trinajstić information content (AvgIpc) is 3.07. The molecule has 3 aromatic carbocycles. The van der Waals surface area contributed by atoms with E-state index in [-0.39, 0.29) is 11.5 Å². The molecule has 0 radical (unpaired) electrons. The highest BCUT2D eigenvalue weighted by Crippen LogP contribution is 2.34. The first-order chi connectivity index (χ1) is 22.0. The summed E-state index contributed by atoms with van der Waals surface area (Å²) in [5, 5.41) is 8.97. The van der Waals surface area contributed by atoms with Crippen LogP contribution in [0.15, 0.2) is 79.5 Å². The first kappa shape index (κ1) is 30.0. The predicted molar refractivity (Wildman–Crippen MR) is 172 cm³/mol. The lowest BCUT2D eigenvalue weighted by Crippen LogP contribution is -2.36. The van der Waals surface area contributed by atoms with E-state index < -0.39 is 11.7 Å². The average molecular weight is 614 g/mol. The van der Waals surface area contributed by atoms with E-state index in [4.69, 9.17) is 14.5 Å². The van der Waals surface area contributed by atoms with Crippen LogP contribution >= 0.6 is 0 Å². The van der Waals surface area contributed by atoms with E-state index in [2.05, 4.69) is 32.4 Å². The standard InChI is InChI=1S/C33H33F2N7O3/c1-2-31(43)39-28-18-22(6-8-26(28)34)32-29(37-24-7-9-30(27(35)20-24)42-12-16-45-17-13-42)21-36-33(40-32)38-23-4-3-5-25(19-23)41-10-14-44-15-11-41/h2-9,18-21,37H,1,10-17H2,(H,39,43)(H,36,38,40). The number of carbonyl (C=O) groups is 1. The molecule has 6 rings (SSSR count). The van der Waals surface area contributed by atoms with E-state index in [1.807, 2.05) is 29.2 Å². The predicted octanol–water partition coefficient (Wildman–Crippen LogP) is 5.71. The second-order valence-corrected chi connectivity index (χ2v) is 10.5. The van der Waals surface area contributed by atoms with Gasteiger partial charge in [0.25, 0.3) is 0 Å². The molecule has 1 amide bonds. The number of carbonyl (C=O) groups excluding carboxylic acids is 1. The maximum Gasteiger partial charge on any atom is 0.247 e. The fourth-order valence-corrected chi connectivity index (χ4v) is 5.24. The lowest BCUT2D eigenvalue weighted by Gasteiger charge is -2.29. The minimum Gasteiger partial charge on any atom is -0.378 e. The Morgan fingerprint density at radius 3 is 2.29 bits per heavy atom. The third kappa shape index (κ3) is 7.19. The van der Waals surface area contributed by atoms with E-state index in [0.717, 1.165) is 30.5 Å². The van der Waals surface area contributed by atoms with Crippen molar-refractivity contribution in [3.63, 3.8) is 0 Å². The topological polar surface area (TPSA) is 104 Å². The molecule has 0 aliphatic carbocycles. The van der Waals surface area contributed by atoms with Crippen LogP contribution in [0.2, 0.25) is 0 Å². The van der Waals surface area contributed by atoms with Crippen LogP contribution in [-0.2, 0) is 14.3 Å². The molecule has 12 heteroatoms. The zero-order chi connectivity index (χ0) is 31.2. The summed E-state index contributed by atoms with van der Waals surface area (Å²) in [5.74, 6) is -1.24. The van der Waals surface area contributed by atoms with Crippen LogP contribution in [-0.4, -0.2) is 68.5 Å². The van der Waals surface area contributed by atoms with Crippen molar-refractivity contribution in [2.75, 3.05) is 78.4 Å². The van der Waals surface area contributed by atoms with Gasteiger partial charge in [-0.25, -0.2) is 18.7 Å². The molecule has 2 fully saturated rings. The third-order valence-corrected chi connectivity index (χ3v) is 7.53. The van der Waals surface area contributed by atoms with Gasteiger partial charge in [-0.2, -0.15) is 0 Å². The van der Waals surface area contributed by atoms with Crippen LogP contribution in [0.3, 0.4) is 0 Å². The summed E-state index contributed by atoms with van der Waals surface area (Å²) < 4.78 is 40.7. The lowest BCUT2D eigenvalue weighted by molar-refractivity contribution is -0.111. The molecule has 3 heterocycles. The van der Waals surface area contributed by atoms with Crippen LogP contribution < -0.4 is 25.8 Å².